The highest BCUT2D eigenvalue weighted by atomic mass is 19.4. The van der Waals surface area contributed by atoms with Crippen molar-refractivity contribution >= 4 is 17.3 Å². The number of halogens is 3. The van der Waals surface area contributed by atoms with Gasteiger partial charge in [0.15, 0.2) is 22.9 Å². The Bertz CT molecular complexity index is 1700. The first-order valence-corrected chi connectivity index (χ1v) is 13.7. The van der Waals surface area contributed by atoms with E-state index in [1.54, 1.807) is 54.3 Å². The van der Waals surface area contributed by atoms with Gasteiger partial charge in [0.2, 0.25) is 11.8 Å². The molecule has 0 unspecified atom stereocenters. The molecule has 0 atom stereocenters. The fourth-order valence-electron chi connectivity index (χ4n) is 5.21. The molecular weight excluding hydrogens is 563 g/mol. The van der Waals surface area contributed by atoms with Gasteiger partial charge in [0.05, 0.1) is 26.0 Å². The zero-order valence-corrected chi connectivity index (χ0v) is 23.6. The van der Waals surface area contributed by atoms with Crippen molar-refractivity contribution < 1.29 is 27.1 Å². The lowest BCUT2D eigenvalue weighted by atomic mass is 10.1. The summed E-state index contributed by atoms with van der Waals surface area (Å²) < 4.78 is 58.7. The summed E-state index contributed by atoms with van der Waals surface area (Å²) in [6.45, 7) is 3.04. The van der Waals surface area contributed by atoms with Crippen LogP contribution in [0.15, 0.2) is 71.5 Å². The Morgan fingerprint density at radius 2 is 1.74 bits per heavy atom. The molecular formula is C30H30F3N7O3. The summed E-state index contributed by atoms with van der Waals surface area (Å²) in [5, 5.41) is 8.01. The molecule has 6 rings (SSSR count). The SMILES string of the molecule is COc1ccc(CNc2ncc(CN3CCN(c4ccccc4C(F)(F)F)CC3)c3nc(-c4ccco4)nn23)cc1OC. The minimum atomic E-state index is -4.40. The lowest BCUT2D eigenvalue weighted by molar-refractivity contribution is -0.137. The Balaban J connectivity index is 1.22. The second kappa shape index (κ2) is 11.8. The van der Waals surface area contributed by atoms with Crippen molar-refractivity contribution in [3.05, 3.63) is 83.7 Å². The van der Waals surface area contributed by atoms with E-state index in [1.165, 1.54) is 12.1 Å². The maximum absolute atomic E-state index is 13.6. The van der Waals surface area contributed by atoms with E-state index in [2.05, 4.69) is 20.3 Å². The second-order valence-electron chi connectivity index (χ2n) is 10.1. The first-order valence-electron chi connectivity index (χ1n) is 13.7. The minimum absolute atomic E-state index is 0.212. The van der Waals surface area contributed by atoms with Crippen LogP contribution in [-0.4, -0.2) is 64.9 Å². The van der Waals surface area contributed by atoms with E-state index in [4.69, 9.17) is 18.9 Å². The molecule has 224 valence electrons. The molecule has 1 saturated heterocycles. The standard InChI is InChI=1S/C30H30F3N7O3/c1-41-24-10-9-20(16-26(24)42-2)17-34-29-35-18-21(28-36-27(37-40(28)29)25-8-5-15-43-25)19-38-11-13-39(14-12-38)23-7-4-3-6-22(23)30(31,32)33/h3-10,15-16,18H,11-14,17,19H2,1-2H3,(H,34,35). The normalized spacial score (nSPS) is 14.3. The summed E-state index contributed by atoms with van der Waals surface area (Å²) in [7, 11) is 3.18. The third-order valence-electron chi connectivity index (χ3n) is 7.39. The van der Waals surface area contributed by atoms with Gasteiger partial charge in [0, 0.05) is 56.7 Å². The molecule has 0 saturated carbocycles. The van der Waals surface area contributed by atoms with Crippen LogP contribution in [0.1, 0.15) is 16.7 Å². The summed E-state index contributed by atoms with van der Waals surface area (Å²) in [4.78, 5) is 13.4. The number of anilines is 2. The molecule has 43 heavy (non-hydrogen) atoms. The third-order valence-corrected chi connectivity index (χ3v) is 7.39. The highest BCUT2D eigenvalue weighted by molar-refractivity contribution is 5.58. The van der Waals surface area contributed by atoms with E-state index < -0.39 is 11.7 Å². The van der Waals surface area contributed by atoms with Gasteiger partial charge in [0.1, 0.15) is 0 Å². The summed E-state index contributed by atoms with van der Waals surface area (Å²) >= 11 is 0. The molecule has 1 N–H and O–H groups in total. The maximum Gasteiger partial charge on any atom is 0.418 e. The number of hydrogen-bond acceptors (Lipinski definition) is 9. The number of nitrogens with one attached hydrogen (secondary N) is 1. The molecule has 5 aromatic rings. The van der Waals surface area contributed by atoms with Crippen LogP contribution in [0, 0.1) is 0 Å². The quantitative estimate of drug-likeness (QED) is 0.243. The van der Waals surface area contributed by atoms with Crippen molar-refractivity contribution in [3.63, 3.8) is 0 Å². The Labute approximate surface area is 245 Å². The Hall–Kier alpha value is -4.78. The van der Waals surface area contributed by atoms with Crippen LogP contribution in [0.2, 0.25) is 0 Å². The van der Waals surface area contributed by atoms with E-state index in [-0.39, 0.29) is 5.69 Å². The number of furan rings is 1. The maximum atomic E-state index is 13.6. The second-order valence-corrected chi connectivity index (χ2v) is 10.1. The fraction of sp³-hybridized carbons (Fsp3) is 0.300. The smallest absolute Gasteiger partial charge is 0.418 e. The zero-order chi connectivity index (χ0) is 30.0. The number of para-hydroxylation sites is 1. The van der Waals surface area contributed by atoms with Gasteiger partial charge < -0.3 is 24.1 Å². The van der Waals surface area contributed by atoms with Crippen LogP contribution in [0.4, 0.5) is 24.8 Å². The van der Waals surface area contributed by atoms with Gasteiger partial charge >= 0.3 is 6.18 Å². The van der Waals surface area contributed by atoms with E-state index >= 15 is 0 Å². The molecule has 1 aliphatic heterocycles. The number of fused-ring (bicyclic) bond motifs is 1. The van der Waals surface area contributed by atoms with Gasteiger partial charge in [-0.05, 0) is 42.0 Å². The Kier molecular flexibility index (Phi) is 7.80. The molecule has 3 aromatic heterocycles. The number of ether oxygens (including phenoxy) is 2. The van der Waals surface area contributed by atoms with Crippen LogP contribution in [0.5, 0.6) is 11.5 Å². The van der Waals surface area contributed by atoms with Crippen molar-refractivity contribution in [2.24, 2.45) is 0 Å². The molecule has 0 amide bonds. The number of aromatic nitrogens is 4. The molecule has 13 heteroatoms. The molecule has 4 heterocycles. The number of rotatable bonds is 9. The molecule has 0 spiro atoms. The monoisotopic (exact) mass is 593 g/mol. The topological polar surface area (TPSA) is 93.2 Å². The van der Waals surface area contributed by atoms with Gasteiger partial charge in [0.25, 0.3) is 0 Å². The van der Waals surface area contributed by atoms with Crippen molar-refractivity contribution in [1.82, 2.24) is 24.5 Å². The predicted octanol–water partition coefficient (Wildman–Crippen LogP) is 5.35. The largest absolute Gasteiger partial charge is 0.493 e. The fourth-order valence-corrected chi connectivity index (χ4v) is 5.21. The summed E-state index contributed by atoms with van der Waals surface area (Å²) in [6, 6.07) is 14.9. The van der Waals surface area contributed by atoms with Gasteiger partial charge in [-0.3, -0.25) is 4.90 Å². The number of methoxy groups -OCH3 is 2. The number of alkyl halides is 3. The van der Waals surface area contributed by atoms with Crippen LogP contribution >= 0.6 is 0 Å². The van der Waals surface area contributed by atoms with E-state index in [9.17, 15) is 13.2 Å². The Morgan fingerprint density at radius 1 is 0.953 bits per heavy atom. The highest BCUT2D eigenvalue weighted by Gasteiger charge is 2.35. The van der Waals surface area contributed by atoms with Gasteiger partial charge in [-0.2, -0.15) is 17.7 Å². The summed E-state index contributed by atoms with van der Waals surface area (Å²) in [6.07, 6.45) is -1.08. The minimum Gasteiger partial charge on any atom is -0.493 e. The van der Waals surface area contributed by atoms with Crippen LogP contribution in [0.3, 0.4) is 0 Å². The molecule has 2 aromatic carbocycles. The van der Waals surface area contributed by atoms with Crippen molar-refractivity contribution in [3.8, 4) is 23.1 Å². The first kappa shape index (κ1) is 28.3. The third kappa shape index (κ3) is 5.93. The van der Waals surface area contributed by atoms with Gasteiger partial charge in [-0.25, -0.2) is 9.97 Å². The molecule has 1 aliphatic rings. The van der Waals surface area contributed by atoms with Crippen molar-refractivity contribution in [2.45, 2.75) is 19.3 Å². The van der Waals surface area contributed by atoms with E-state index in [0.29, 0.717) is 73.9 Å². The lowest BCUT2D eigenvalue weighted by Crippen LogP contribution is -2.46. The van der Waals surface area contributed by atoms with Crippen LogP contribution in [-0.2, 0) is 19.3 Å². The molecule has 0 bridgehead atoms. The van der Waals surface area contributed by atoms with Gasteiger partial charge in [-0.15, -0.1) is 5.10 Å². The average Bonchev–Trinajstić information content (AvgIpc) is 3.72. The lowest BCUT2D eigenvalue weighted by Gasteiger charge is -2.37. The van der Waals surface area contributed by atoms with Crippen LogP contribution in [0.25, 0.3) is 17.2 Å². The number of benzene rings is 2. The number of piperazine rings is 1. The molecule has 10 nitrogen and oxygen atoms in total. The number of hydrogen-bond donors (Lipinski definition) is 1. The molecule has 0 aliphatic carbocycles. The van der Waals surface area contributed by atoms with E-state index in [0.717, 1.165) is 17.2 Å². The van der Waals surface area contributed by atoms with Gasteiger partial charge in [-0.1, -0.05) is 18.2 Å². The Morgan fingerprint density at radius 3 is 2.47 bits per heavy atom. The molecule has 0 radical (unpaired) electrons. The zero-order valence-electron chi connectivity index (χ0n) is 23.6. The van der Waals surface area contributed by atoms with E-state index in [1.807, 2.05) is 18.2 Å². The predicted molar refractivity (Wildman–Crippen MR) is 154 cm³/mol. The summed E-state index contributed by atoms with van der Waals surface area (Å²) in [5.74, 6) is 2.70. The summed E-state index contributed by atoms with van der Waals surface area (Å²) in [5.41, 5.74) is 2.00. The molecule has 1 fully saturated rings. The first-order chi connectivity index (χ1) is 20.8. The van der Waals surface area contributed by atoms with Crippen molar-refractivity contribution in [1.29, 1.82) is 0 Å². The number of nitrogens with zero attached hydrogens (tertiary/aromatic N) is 6. The average molecular weight is 594 g/mol. The van der Waals surface area contributed by atoms with Crippen molar-refractivity contribution in [2.75, 3.05) is 50.6 Å². The highest BCUT2D eigenvalue weighted by Crippen LogP contribution is 2.37. The van der Waals surface area contributed by atoms with Crippen LogP contribution < -0.4 is 19.7 Å².